The second-order valence-electron chi connectivity index (χ2n) is 6.83. The molecule has 0 atom stereocenters. The second-order valence-corrected chi connectivity index (χ2v) is 6.83. The van der Waals surface area contributed by atoms with Gasteiger partial charge in [0.2, 0.25) is 0 Å². The fraction of sp³-hybridized carbons (Fsp3) is 0.208. The van der Waals surface area contributed by atoms with Crippen LogP contribution < -0.4 is 14.8 Å². The van der Waals surface area contributed by atoms with Gasteiger partial charge in [-0.25, -0.2) is 0 Å². The number of hydrogen-bond donors (Lipinski definition) is 1. The molecule has 0 radical (unpaired) electrons. The number of hydrogen-bond acceptors (Lipinski definition) is 3. The lowest BCUT2D eigenvalue weighted by molar-refractivity contribution is 0.102. The molecule has 0 aliphatic heterocycles. The number of amides is 1. The topological polar surface area (TPSA) is 47.6 Å². The van der Waals surface area contributed by atoms with Crippen molar-refractivity contribution in [3.63, 3.8) is 0 Å². The van der Waals surface area contributed by atoms with Crippen molar-refractivity contribution in [2.24, 2.45) is 0 Å². The van der Waals surface area contributed by atoms with Crippen LogP contribution in [-0.2, 0) is 6.61 Å². The number of ether oxygens (including phenoxy) is 2. The molecular weight excluding hydrogens is 350 g/mol. The van der Waals surface area contributed by atoms with Gasteiger partial charge in [-0.3, -0.25) is 4.79 Å². The smallest absolute Gasteiger partial charge is 0.255 e. The Bertz CT molecular complexity index is 978. The first-order chi connectivity index (χ1) is 13.5. The predicted octanol–water partition coefficient (Wildman–Crippen LogP) is 5.45. The zero-order valence-electron chi connectivity index (χ0n) is 16.7. The van der Waals surface area contributed by atoms with E-state index in [1.807, 2.05) is 69.3 Å². The van der Waals surface area contributed by atoms with Crippen molar-refractivity contribution < 1.29 is 14.3 Å². The molecule has 144 valence electrons. The van der Waals surface area contributed by atoms with Crippen LogP contribution in [0.3, 0.4) is 0 Å². The van der Waals surface area contributed by atoms with E-state index in [9.17, 15) is 4.79 Å². The van der Waals surface area contributed by atoms with Crippen LogP contribution in [0.1, 0.15) is 32.6 Å². The molecule has 4 heteroatoms. The Morgan fingerprint density at radius 1 is 0.964 bits per heavy atom. The monoisotopic (exact) mass is 375 g/mol. The quantitative estimate of drug-likeness (QED) is 0.623. The van der Waals surface area contributed by atoms with Crippen molar-refractivity contribution in [3.8, 4) is 11.5 Å². The molecule has 3 aromatic carbocycles. The number of rotatable bonds is 6. The minimum atomic E-state index is -0.159. The van der Waals surface area contributed by atoms with Crippen molar-refractivity contribution in [2.75, 3.05) is 12.4 Å². The molecule has 1 N–H and O–H groups in total. The predicted molar refractivity (Wildman–Crippen MR) is 112 cm³/mol. The Kier molecular flexibility index (Phi) is 5.99. The van der Waals surface area contributed by atoms with E-state index in [2.05, 4.69) is 5.32 Å². The van der Waals surface area contributed by atoms with E-state index in [0.29, 0.717) is 17.9 Å². The summed E-state index contributed by atoms with van der Waals surface area (Å²) in [5.74, 6) is 1.31. The van der Waals surface area contributed by atoms with Crippen molar-refractivity contribution in [2.45, 2.75) is 27.4 Å². The number of benzene rings is 3. The van der Waals surface area contributed by atoms with E-state index < -0.39 is 0 Å². The normalized spacial score (nSPS) is 10.4. The summed E-state index contributed by atoms with van der Waals surface area (Å²) >= 11 is 0. The van der Waals surface area contributed by atoms with E-state index in [-0.39, 0.29) is 5.91 Å². The lowest BCUT2D eigenvalue weighted by Gasteiger charge is -2.14. The van der Waals surface area contributed by atoms with E-state index >= 15 is 0 Å². The highest BCUT2D eigenvalue weighted by Gasteiger charge is 2.12. The summed E-state index contributed by atoms with van der Waals surface area (Å²) in [4.78, 5) is 12.7. The summed E-state index contributed by atoms with van der Waals surface area (Å²) in [5, 5.41) is 2.99. The maximum atomic E-state index is 12.7. The Balaban J connectivity index is 1.78. The first-order valence-electron chi connectivity index (χ1n) is 9.22. The van der Waals surface area contributed by atoms with Crippen LogP contribution >= 0.6 is 0 Å². The standard InChI is InChI=1S/C24H25NO3/c1-16-8-11-21(12-9-16)28-15-20-14-19(10-13-23(20)27-4)24(26)25-22-7-5-6-17(2)18(22)3/h5-14H,15H2,1-4H3,(H,25,26). The Labute approximate surface area is 166 Å². The minimum absolute atomic E-state index is 0.159. The molecule has 0 spiro atoms. The molecule has 0 aromatic heterocycles. The van der Waals surface area contributed by atoms with Crippen molar-refractivity contribution in [3.05, 3.63) is 88.5 Å². The van der Waals surface area contributed by atoms with E-state index in [1.54, 1.807) is 19.2 Å². The molecule has 0 aliphatic carbocycles. The molecule has 0 fully saturated rings. The zero-order valence-corrected chi connectivity index (χ0v) is 16.7. The van der Waals surface area contributed by atoms with E-state index in [4.69, 9.17) is 9.47 Å². The zero-order chi connectivity index (χ0) is 20.1. The lowest BCUT2D eigenvalue weighted by Crippen LogP contribution is -2.14. The highest BCUT2D eigenvalue weighted by atomic mass is 16.5. The fourth-order valence-corrected chi connectivity index (χ4v) is 2.91. The van der Waals surface area contributed by atoms with Gasteiger partial charge in [0, 0.05) is 16.8 Å². The first-order valence-corrected chi connectivity index (χ1v) is 9.22. The summed E-state index contributed by atoms with van der Waals surface area (Å²) in [6, 6.07) is 19.1. The van der Waals surface area contributed by atoms with Gasteiger partial charge >= 0.3 is 0 Å². The molecule has 3 aromatic rings. The molecule has 0 unspecified atom stereocenters. The molecule has 1 amide bonds. The SMILES string of the molecule is COc1ccc(C(=O)Nc2cccc(C)c2C)cc1COc1ccc(C)cc1. The number of carbonyl (C=O) groups is 1. The van der Waals surface area contributed by atoms with Crippen molar-refractivity contribution in [1.82, 2.24) is 0 Å². The van der Waals surface area contributed by atoms with Gasteiger partial charge < -0.3 is 14.8 Å². The number of nitrogens with one attached hydrogen (secondary N) is 1. The third kappa shape index (κ3) is 4.52. The van der Waals surface area contributed by atoms with Gasteiger partial charge in [0.1, 0.15) is 18.1 Å². The molecule has 0 aliphatic rings. The third-order valence-electron chi connectivity index (χ3n) is 4.81. The summed E-state index contributed by atoms with van der Waals surface area (Å²) in [6.07, 6.45) is 0. The molecule has 4 nitrogen and oxygen atoms in total. The molecule has 0 bridgehead atoms. The summed E-state index contributed by atoms with van der Waals surface area (Å²) in [5.41, 5.74) is 5.57. The van der Waals surface area contributed by atoms with Crippen LogP contribution in [0.4, 0.5) is 5.69 Å². The Morgan fingerprint density at radius 2 is 1.71 bits per heavy atom. The highest BCUT2D eigenvalue weighted by Crippen LogP contribution is 2.24. The Morgan fingerprint density at radius 3 is 2.43 bits per heavy atom. The van der Waals surface area contributed by atoms with Crippen LogP contribution in [0.2, 0.25) is 0 Å². The van der Waals surface area contributed by atoms with Crippen molar-refractivity contribution in [1.29, 1.82) is 0 Å². The minimum Gasteiger partial charge on any atom is -0.496 e. The van der Waals surface area contributed by atoms with E-state index in [0.717, 1.165) is 28.1 Å². The van der Waals surface area contributed by atoms with Gasteiger partial charge in [-0.2, -0.15) is 0 Å². The van der Waals surface area contributed by atoms with Crippen LogP contribution in [0.15, 0.2) is 60.7 Å². The molecule has 0 saturated heterocycles. The maximum absolute atomic E-state index is 12.7. The highest BCUT2D eigenvalue weighted by molar-refractivity contribution is 6.05. The van der Waals surface area contributed by atoms with Gasteiger partial charge in [0.25, 0.3) is 5.91 Å². The van der Waals surface area contributed by atoms with E-state index in [1.165, 1.54) is 5.56 Å². The fourth-order valence-electron chi connectivity index (χ4n) is 2.91. The number of anilines is 1. The molecule has 28 heavy (non-hydrogen) atoms. The van der Waals surface area contributed by atoms with Crippen LogP contribution in [0.25, 0.3) is 0 Å². The Hall–Kier alpha value is -3.27. The molecular formula is C24H25NO3. The summed E-state index contributed by atoms with van der Waals surface area (Å²) in [6.45, 7) is 6.38. The number of aryl methyl sites for hydroxylation is 2. The number of methoxy groups -OCH3 is 1. The van der Waals surface area contributed by atoms with Crippen molar-refractivity contribution >= 4 is 11.6 Å². The van der Waals surface area contributed by atoms with Crippen LogP contribution in [0.5, 0.6) is 11.5 Å². The molecule has 0 heterocycles. The lowest BCUT2D eigenvalue weighted by atomic mass is 10.1. The maximum Gasteiger partial charge on any atom is 0.255 e. The molecule has 3 rings (SSSR count). The van der Waals surface area contributed by atoms with Gasteiger partial charge in [-0.1, -0.05) is 29.8 Å². The van der Waals surface area contributed by atoms with Gasteiger partial charge in [0.05, 0.1) is 7.11 Å². The van der Waals surface area contributed by atoms with Crippen LogP contribution in [0, 0.1) is 20.8 Å². The first kappa shape index (κ1) is 19.5. The van der Waals surface area contributed by atoms with Gasteiger partial charge in [-0.15, -0.1) is 0 Å². The second kappa shape index (κ2) is 8.61. The van der Waals surface area contributed by atoms with Gasteiger partial charge in [-0.05, 0) is 68.3 Å². The van der Waals surface area contributed by atoms with Crippen LogP contribution in [-0.4, -0.2) is 13.0 Å². The largest absolute Gasteiger partial charge is 0.496 e. The van der Waals surface area contributed by atoms with Gasteiger partial charge in [0.15, 0.2) is 0 Å². The number of carbonyl (C=O) groups excluding carboxylic acids is 1. The molecule has 0 saturated carbocycles. The average Bonchev–Trinajstić information content (AvgIpc) is 2.70. The summed E-state index contributed by atoms with van der Waals surface area (Å²) in [7, 11) is 1.61. The third-order valence-corrected chi connectivity index (χ3v) is 4.81. The summed E-state index contributed by atoms with van der Waals surface area (Å²) < 4.78 is 11.3. The average molecular weight is 375 g/mol.